The Kier molecular flexibility index (Phi) is 5.50. The fourth-order valence-electron chi connectivity index (χ4n) is 2.79. The summed E-state index contributed by atoms with van der Waals surface area (Å²) in [4.78, 5) is 8.04. The van der Waals surface area contributed by atoms with Gasteiger partial charge in [0.15, 0.2) is 5.82 Å². The van der Waals surface area contributed by atoms with Gasteiger partial charge in [0, 0.05) is 29.8 Å². The van der Waals surface area contributed by atoms with Crippen molar-refractivity contribution in [3.05, 3.63) is 79.1 Å². The Morgan fingerprint density at radius 3 is 2.52 bits per heavy atom. The lowest BCUT2D eigenvalue weighted by Gasteiger charge is -2.12. The molecule has 0 saturated carbocycles. The number of halogens is 1. The fraction of sp³-hybridized carbons (Fsp3) is 0.0500. The highest BCUT2D eigenvalue weighted by atomic mass is 32.2. The molecule has 0 fully saturated rings. The maximum Gasteiger partial charge on any atom is 0.265 e. The highest BCUT2D eigenvalue weighted by Crippen LogP contribution is 2.27. The number of anilines is 3. The Morgan fingerprint density at radius 1 is 1.03 bits per heavy atom. The second-order valence-corrected chi connectivity index (χ2v) is 7.97. The minimum atomic E-state index is -4.05. The van der Waals surface area contributed by atoms with E-state index >= 15 is 0 Å². The van der Waals surface area contributed by atoms with Crippen LogP contribution in [0.4, 0.5) is 21.6 Å². The molecule has 0 unspecified atom stereocenters. The molecule has 31 heavy (non-hydrogen) atoms. The highest BCUT2D eigenvalue weighted by Gasteiger charge is 2.20. The Balaban J connectivity index is 1.50. The van der Waals surface area contributed by atoms with Crippen LogP contribution in [0.1, 0.15) is 0 Å². The van der Waals surface area contributed by atoms with Crippen LogP contribution in [0.3, 0.4) is 0 Å². The van der Waals surface area contributed by atoms with Crippen molar-refractivity contribution in [2.75, 3.05) is 17.1 Å². The van der Waals surface area contributed by atoms with Crippen LogP contribution in [0.25, 0.3) is 5.82 Å². The molecule has 2 N–H and O–H groups in total. The second-order valence-electron chi connectivity index (χ2n) is 6.32. The molecule has 0 atom stereocenters. The largest absolute Gasteiger partial charge is 0.495 e. The number of aromatic nitrogens is 4. The number of methoxy groups -OCH3 is 1. The lowest BCUT2D eigenvalue weighted by molar-refractivity contribution is 0.401. The molecule has 0 bridgehead atoms. The number of benzene rings is 2. The summed E-state index contributed by atoms with van der Waals surface area (Å²) in [6.07, 6.45) is 4.82. The minimum Gasteiger partial charge on any atom is -0.495 e. The van der Waals surface area contributed by atoms with Crippen molar-refractivity contribution < 1.29 is 17.5 Å². The van der Waals surface area contributed by atoms with Crippen LogP contribution in [-0.2, 0) is 10.0 Å². The SMILES string of the molecule is COc1ccc(F)cc1S(=O)(=O)Nc1ccc(Nc2cc(-n3cccn3)ncn2)cc1. The smallest absolute Gasteiger partial charge is 0.265 e. The van der Waals surface area contributed by atoms with Gasteiger partial charge >= 0.3 is 0 Å². The first-order valence-corrected chi connectivity index (χ1v) is 10.5. The van der Waals surface area contributed by atoms with Crippen molar-refractivity contribution in [1.82, 2.24) is 19.7 Å². The summed E-state index contributed by atoms with van der Waals surface area (Å²) in [5.41, 5.74) is 0.980. The zero-order valence-corrected chi connectivity index (χ0v) is 17.0. The van der Waals surface area contributed by atoms with Gasteiger partial charge in [0.2, 0.25) is 0 Å². The highest BCUT2D eigenvalue weighted by molar-refractivity contribution is 7.92. The van der Waals surface area contributed by atoms with Gasteiger partial charge in [-0.2, -0.15) is 5.10 Å². The van der Waals surface area contributed by atoms with E-state index in [2.05, 4.69) is 25.1 Å². The van der Waals surface area contributed by atoms with Crippen LogP contribution in [0, 0.1) is 5.82 Å². The Labute approximate surface area is 177 Å². The predicted molar refractivity (Wildman–Crippen MR) is 113 cm³/mol. The fourth-order valence-corrected chi connectivity index (χ4v) is 4.03. The number of nitrogens with zero attached hydrogens (tertiary/aromatic N) is 4. The molecule has 0 aliphatic heterocycles. The normalized spacial score (nSPS) is 11.2. The predicted octanol–water partition coefficient (Wildman–Crippen LogP) is 3.35. The first-order chi connectivity index (χ1) is 14.9. The van der Waals surface area contributed by atoms with E-state index in [1.165, 1.54) is 19.5 Å². The molecule has 0 radical (unpaired) electrons. The summed E-state index contributed by atoms with van der Waals surface area (Å²) >= 11 is 0. The van der Waals surface area contributed by atoms with Gasteiger partial charge in [-0.3, -0.25) is 4.72 Å². The summed E-state index contributed by atoms with van der Waals surface area (Å²) in [7, 11) is -2.73. The van der Waals surface area contributed by atoms with Crippen LogP contribution in [-0.4, -0.2) is 35.3 Å². The van der Waals surface area contributed by atoms with Crippen LogP contribution in [0.2, 0.25) is 0 Å². The van der Waals surface area contributed by atoms with Crippen LogP contribution in [0.5, 0.6) is 5.75 Å². The molecule has 11 heteroatoms. The Hall–Kier alpha value is -3.99. The number of hydrogen-bond donors (Lipinski definition) is 2. The van der Waals surface area contributed by atoms with Crippen molar-refractivity contribution in [2.24, 2.45) is 0 Å². The third-order valence-corrected chi connectivity index (χ3v) is 5.62. The molecule has 0 amide bonds. The average Bonchev–Trinajstić information content (AvgIpc) is 3.30. The van der Waals surface area contributed by atoms with Gasteiger partial charge in [-0.15, -0.1) is 0 Å². The third kappa shape index (κ3) is 4.61. The number of hydrogen-bond acceptors (Lipinski definition) is 7. The van der Waals surface area contributed by atoms with E-state index < -0.39 is 15.8 Å². The van der Waals surface area contributed by atoms with Gasteiger partial charge in [-0.05, 0) is 48.5 Å². The second kappa shape index (κ2) is 8.40. The van der Waals surface area contributed by atoms with Crippen molar-refractivity contribution >= 4 is 27.2 Å². The van der Waals surface area contributed by atoms with Crippen LogP contribution in [0.15, 0.2) is 78.2 Å². The molecule has 2 aromatic heterocycles. The zero-order chi connectivity index (χ0) is 21.8. The van der Waals surface area contributed by atoms with E-state index in [4.69, 9.17) is 4.74 Å². The maximum atomic E-state index is 13.6. The zero-order valence-electron chi connectivity index (χ0n) is 16.2. The third-order valence-electron chi connectivity index (χ3n) is 4.22. The van der Waals surface area contributed by atoms with Gasteiger partial charge in [-0.1, -0.05) is 0 Å². The van der Waals surface area contributed by atoms with Crippen molar-refractivity contribution in [3.63, 3.8) is 0 Å². The van der Waals surface area contributed by atoms with E-state index in [9.17, 15) is 12.8 Å². The Morgan fingerprint density at radius 2 is 1.81 bits per heavy atom. The molecule has 0 aliphatic rings. The van der Waals surface area contributed by atoms with E-state index in [0.717, 1.165) is 12.1 Å². The van der Waals surface area contributed by atoms with E-state index in [1.54, 1.807) is 53.5 Å². The number of rotatable bonds is 7. The molecule has 0 aliphatic carbocycles. The lowest BCUT2D eigenvalue weighted by Crippen LogP contribution is -2.14. The summed E-state index contributed by atoms with van der Waals surface area (Å²) in [6, 6.07) is 13.3. The molecule has 4 aromatic rings. The number of sulfonamides is 1. The molecular formula is C20H17FN6O3S. The number of ether oxygens (including phenoxy) is 1. The quantitative estimate of drug-likeness (QED) is 0.453. The molecular weight excluding hydrogens is 423 g/mol. The molecule has 2 heterocycles. The van der Waals surface area contributed by atoms with Gasteiger partial charge in [0.05, 0.1) is 7.11 Å². The van der Waals surface area contributed by atoms with Crippen molar-refractivity contribution in [2.45, 2.75) is 4.90 Å². The van der Waals surface area contributed by atoms with Crippen molar-refractivity contribution in [1.29, 1.82) is 0 Å². The maximum absolute atomic E-state index is 13.6. The molecule has 158 valence electrons. The van der Waals surface area contributed by atoms with Crippen LogP contribution >= 0.6 is 0 Å². The topological polar surface area (TPSA) is 111 Å². The Bertz CT molecular complexity index is 1300. The molecule has 0 saturated heterocycles. The first kappa shape index (κ1) is 20.3. The van der Waals surface area contributed by atoms with E-state index in [0.29, 0.717) is 23.0 Å². The summed E-state index contributed by atoms with van der Waals surface area (Å²) in [5.74, 6) is 0.498. The standard InChI is InChI=1S/C20H17FN6O3S/c1-30-17-8-3-14(21)11-18(17)31(28,29)26-16-6-4-15(5-7-16)25-19-12-20(23-13-22-19)27-10-2-9-24-27/h2-13,26H,1H3,(H,22,23,25). The monoisotopic (exact) mass is 440 g/mol. The van der Waals surface area contributed by atoms with Gasteiger partial charge in [0.1, 0.15) is 28.6 Å². The molecule has 2 aromatic carbocycles. The van der Waals surface area contributed by atoms with E-state index in [-0.39, 0.29) is 10.6 Å². The van der Waals surface area contributed by atoms with Gasteiger partial charge in [-0.25, -0.2) is 27.5 Å². The summed E-state index contributed by atoms with van der Waals surface area (Å²) in [5, 5.41) is 7.24. The minimum absolute atomic E-state index is 0.0453. The molecule has 0 spiro atoms. The van der Waals surface area contributed by atoms with Gasteiger partial charge < -0.3 is 10.1 Å². The molecule has 4 rings (SSSR count). The molecule has 9 nitrogen and oxygen atoms in total. The van der Waals surface area contributed by atoms with Crippen LogP contribution < -0.4 is 14.8 Å². The number of nitrogens with one attached hydrogen (secondary N) is 2. The average molecular weight is 440 g/mol. The lowest BCUT2D eigenvalue weighted by atomic mass is 10.3. The first-order valence-electron chi connectivity index (χ1n) is 9.00. The van der Waals surface area contributed by atoms with Crippen molar-refractivity contribution in [3.8, 4) is 11.6 Å². The van der Waals surface area contributed by atoms with Gasteiger partial charge in [0.25, 0.3) is 10.0 Å². The van der Waals surface area contributed by atoms with E-state index in [1.807, 2.05) is 0 Å². The summed E-state index contributed by atoms with van der Waals surface area (Å²) < 4.78 is 47.9. The summed E-state index contributed by atoms with van der Waals surface area (Å²) in [6.45, 7) is 0.